The van der Waals surface area contributed by atoms with Crippen LogP contribution in [0, 0.1) is 0 Å². The first-order chi connectivity index (χ1) is 8.26. The summed E-state index contributed by atoms with van der Waals surface area (Å²) >= 11 is 0. The van der Waals surface area contributed by atoms with Crippen LogP contribution in [0.15, 0.2) is 25.2 Å². The average Bonchev–Trinajstić information content (AvgIpc) is 2.71. The molecule has 2 N–H and O–H groups in total. The lowest BCUT2D eigenvalue weighted by Gasteiger charge is -2.19. The van der Waals surface area contributed by atoms with Gasteiger partial charge in [-0.15, -0.1) is 0 Å². The lowest BCUT2D eigenvalue weighted by molar-refractivity contribution is 0.0807. The second-order valence-electron chi connectivity index (χ2n) is 3.57. The molecule has 1 atom stereocenters. The maximum Gasteiger partial charge on any atom is 0.673 e. The van der Waals surface area contributed by atoms with Crippen molar-refractivity contribution >= 4 is 7.25 Å². The highest BCUT2D eigenvalue weighted by Gasteiger charge is 2.20. The molecule has 1 unspecified atom stereocenters. The number of nitrogens with zero attached hydrogens (tertiary/aromatic N) is 2. The molecule has 0 saturated carbocycles. The minimum Gasteiger partial charge on any atom is -0.418 e. The zero-order valence-corrected chi connectivity index (χ0v) is 9.72. The Morgan fingerprint density at radius 3 is 2.28 bits per heavy atom. The third kappa shape index (κ3) is 9.97. The normalized spacial score (nSPS) is 16.3. The van der Waals surface area contributed by atoms with Crippen molar-refractivity contribution in [3.8, 4) is 0 Å². The number of aliphatic hydroxyl groups is 2. The largest absolute Gasteiger partial charge is 0.673 e. The van der Waals surface area contributed by atoms with Crippen molar-refractivity contribution in [1.29, 1.82) is 0 Å². The summed E-state index contributed by atoms with van der Waals surface area (Å²) in [6.45, 7) is 5.02. The van der Waals surface area contributed by atoms with Gasteiger partial charge in [0.2, 0.25) is 0 Å². The molecular weight excluding hydrogens is 255 g/mol. The Morgan fingerprint density at radius 2 is 1.89 bits per heavy atom. The minimum absolute atomic E-state index is 0.164. The van der Waals surface area contributed by atoms with Crippen LogP contribution in [0.5, 0.6) is 0 Å². The van der Waals surface area contributed by atoms with Gasteiger partial charge in [0.15, 0.2) is 0 Å². The molecule has 18 heavy (non-hydrogen) atoms. The maximum atomic E-state index is 9.75. The van der Waals surface area contributed by atoms with Crippen LogP contribution in [0.4, 0.5) is 17.3 Å². The molecule has 1 aliphatic heterocycles. The van der Waals surface area contributed by atoms with Crippen molar-refractivity contribution in [2.45, 2.75) is 12.5 Å². The third-order valence-corrected chi connectivity index (χ3v) is 2.01. The van der Waals surface area contributed by atoms with Crippen molar-refractivity contribution < 1.29 is 27.5 Å². The first kappa shape index (κ1) is 16.8. The highest BCUT2D eigenvalue weighted by Crippen LogP contribution is 2.07. The minimum atomic E-state index is -6.00. The topological polar surface area (TPSA) is 46.9 Å². The number of hydrogen-bond acceptors (Lipinski definition) is 4. The van der Waals surface area contributed by atoms with Gasteiger partial charge >= 0.3 is 7.25 Å². The first-order valence-corrected chi connectivity index (χ1v) is 5.23. The zero-order chi connectivity index (χ0) is 14.2. The van der Waals surface area contributed by atoms with Crippen LogP contribution < -0.4 is 0 Å². The van der Waals surface area contributed by atoms with Crippen LogP contribution >= 0.6 is 0 Å². The molecule has 0 radical (unpaired) electrons. The van der Waals surface area contributed by atoms with Gasteiger partial charge in [-0.2, -0.15) is 0 Å². The molecule has 0 aromatic heterocycles. The van der Waals surface area contributed by atoms with E-state index in [1.54, 1.807) is 6.20 Å². The SMILES string of the molecule is C=CN1C=CN(CCC(O)CO)C1.F[B-](F)(F)F. The molecule has 4 nitrogen and oxygen atoms in total. The number of aliphatic hydroxyl groups excluding tert-OH is 2. The highest BCUT2D eigenvalue weighted by molar-refractivity contribution is 6.50. The molecule has 0 amide bonds. The van der Waals surface area contributed by atoms with Crippen LogP contribution in [0.25, 0.3) is 0 Å². The predicted molar refractivity (Wildman–Crippen MR) is 60.6 cm³/mol. The Morgan fingerprint density at radius 1 is 1.33 bits per heavy atom. The fourth-order valence-electron chi connectivity index (χ4n) is 1.15. The molecule has 1 heterocycles. The van der Waals surface area contributed by atoms with Gasteiger partial charge in [0.25, 0.3) is 0 Å². The van der Waals surface area contributed by atoms with Crippen LogP contribution in [0.1, 0.15) is 6.42 Å². The Labute approximate surface area is 103 Å². The van der Waals surface area contributed by atoms with Gasteiger partial charge in [0.05, 0.1) is 19.4 Å². The van der Waals surface area contributed by atoms with Crippen molar-refractivity contribution in [2.24, 2.45) is 0 Å². The van der Waals surface area contributed by atoms with E-state index in [2.05, 4.69) is 11.5 Å². The van der Waals surface area contributed by atoms with Crippen molar-refractivity contribution in [1.82, 2.24) is 9.80 Å². The van der Waals surface area contributed by atoms with E-state index in [0.29, 0.717) is 6.42 Å². The van der Waals surface area contributed by atoms with E-state index >= 15 is 0 Å². The average molecular weight is 271 g/mol. The lowest BCUT2D eigenvalue weighted by Crippen LogP contribution is -2.26. The van der Waals surface area contributed by atoms with Gasteiger partial charge in [0, 0.05) is 18.9 Å². The summed E-state index contributed by atoms with van der Waals surface area (Å²) in [4.78, 5) is 4.01. The Hall–Kier alpha value is -1.22. The van der Waals surface area contributed by atoms with E-state index in [4.69, 9.17) is 10.2 Å². The molecular formula is C9H16BF4N2O2-. The fraction of sp³-hybridized carbons (Fsp3) is 0.556. The molecule has 0 spiro atoms. The summed E-state index contributed by atoms with van der Waals surface area (Å²) < 4.78 is 39.0. The van der Waals surface area contributed by atoms with Crippen LogP contribution in [0.2, 0.25) is 0 Å². The van der Waals surface area contributed by atoms with Gasteiger partial charge in [0.1, 0.15) is 0 Å². The lowest BCUT2D eigenvalue weighted by atomic mass is 10.2. The van der Waals surface area contributed by atoms with E-state index in [-0.39, 0.29) is 6.61 Å². The van der Waals surface area contributed by atoms with Crippen LogP contribution in [0.3, 0.4) is 0 Å². The molecule has 1 rings (SSSR count). The Kier molecular flexibility index (Phi) is 7.45. The van der Waals surface area contributed by atoms with Crippen LogP contribution in [-0.2, 0) is 0 Å². The fourth-order valence-corrected chi connectivity index (χ4v) is 1.15. The number of hydrogen-bond donors (Lipinski definition) is 2. The number of halogens is 4. The molecule has 0 aliphatic carbocycles. The Bertz CT molecular complexity index is 270. The quantitative estimate of drug-likeness (QED) is 0.583. The monoisotopic (exact) mass is 271 g/mol. The molecule has 0 saturated heterocycles. The summed E-state index contributed by atoms with van der Waals surface area (Å²) in [5.74, 6) is 0. The van der Waals surface area contributed by atoms with E-state index in [9.17, 15) is 17.3 Å². The molecule has 0 aromatic rings. The Balaban J connectivity index is 0.000000494. The van der Waals surface area contributed by atoms with Crippen molar-refractivity contribution in [2.75, 3.05) is 19.8 Å². The molecule has 9 heteroatoms. The number of rotatable bonds is 5. The van der Waals surface area contributed by atoms with Crippen molar-refractivity contribution in [3.05, 3.63) is 25.2 Å². The second-order valence-corrected chi connectivity index (χ2v) is 3.57. The van der Waals surface area contributed by atoms with E-state index in [1.807, 2.05) is 17.3 Å². The second kappa shape index (κ2) is 7.99. The van der Waals surface area contributed by atoms with Gasteiger partial charge < -0.3 is 37.3 Å². The third-order valence-electron chi connectivity index (χ3n) is 2.01. The summed E-state index contributed by atoms with van der Waals surface area (Å²) in [6.07, 6.45) is 5.61. The van der Waals surface area contributed by atoms with Gasteiger partial charge in [-0.3, -0.25) is 0 Å². The molecule has 0 fully saturated rings. The van der Waals surface area contributed by atoms with Crippen LogP contribution in [-0.4, -0.2) is 53.2 Å². The highest BCUT2D eigenvalue weighted by atomic mass is 19.5. The molecule has 1 aliphatic rings. The zero-order valence-electron chi connectivity index (χ0n) is 9.72. The summed E-state index contributed by atoms with van der Waals surface area (Å²) in [7, 11) is -6.00. The van der Waals surface area contributed by atoms with Gasteiger partial charge in [-0.05, 0) is 12.6 Å². The predicted octanol–water partition coefficient (Wildman–Crippen LogP) is 1.22. The summed E-state index contributed by atoms with van der Waals surface area (Å²) in [5, 5.41) is 17.7. The maximum absolute atomic E-state index is 9.75. The summed E-state index contributed by atoms with van der Waals surface area (Å²) in [5.41, 5.74) is 0. The summed E-state index contributed by atoms with van der Waals surface area (Å²) in [6, 6.07) is 0. The smallest absolute Gasteiger partial charge is 0.418 e. The molecule has 0 aromatic carbocycles. The van der Waals surface area contributed by atoms with Crippen molar-refractivity contribution in [3.63, 3.8) is 0 Å². The van der Waals surface area contributed by atoms with E-state index in [1.165, 1.54) is 0 Å². The van der Waals surface area contributed by atoms with Gasteiger partial charge in [-0.1, -0.05) is 6.58 Å². The van der Waals surface area contributed by atoms with E-state index in [0.717, 1.165) is 13.2 Å². The first-order valence-electron chi connectivity index (χ1n) is 5.23. The molecule has 0 bridgehead atoms. The van der Waals surface area contributed by atoms with Gasteiger partial charge in [-0.25, -0.2) is 0 Å². The standard InChI is InChI=1S/C9H16N2O2.BF4/c1-2-10-5-6-11(8-10)4-3-9(13)7-12;2-1(3,4)5/h2,5-6,9,12-13H,1,3-4,7-8H2;/q;-1. The molecule has 106 valence electrons. The van der Waals surface area contributed by atoms with E-state index < -0.39 is 13.4 Å².